The summed E-state index contributed by atoms with van der Waals surface area (Å²) in [5, 5.41) is 5.10. The summed E-state index contributed by atoms with van der Waals surface area (Å²) in [6.07, 6.45) is 1.45. The molecule has 0 fully saturated rings. The Hall–Kier alpha value is -2.16. The summed E-state index contributed by atoms with van der Waals surface area (Å²) in [5.41, 5.74) is 1.30. The van der Waals surface area contributed by atoms with Gasteiger partial charge in [0, 0.05) is 6.04 Å². The molecule has 0 spiro atoms. The maximum absolute atomic E-state index is 11.7. The van der Waals surface area contributed by atoms with Crippen molar-refractivity contribution >= 4 is 16.0 Å². The minimum absolute atomic E-state index is 0.0323. The van der Waals surface area contributed by atoms with Crippen LogP contribution in [0.4, 0.5) is 0 Å². The van der Waals surface area contributed by atoms with Crippen molar-refractivity contribution in [3.05, 3.63) is 53.5 Å². The zero-order valence-electron chi connectivity index (χ0n) is 13.7. The van der Waals surface area contributed by atoms with Gasteiger partial charge in [-0.1, -0.05) is 12.1 Å². The van der Waals surface area contributed by atoms with Crippen LogP contribution in [-0.2, 0) is 21.3 Å². The van der Waals surface area contributed by atoms with Gasteiger partial charge in [0.15, 0.2) is 0 Å². The second-order valence-electron chi connectivity index (χ2n) is 5.45. The molecule has 8 heteroatoms. The Balaban J connectivity index is 2.14. The van der Waals surface area contributed by atoms with Gasteiger partial charge in [0.05, 0.1) is 24.8 Å². The molecule has 0 saturated carbocycles. The van der Waals surface area contributed by atoms with Gasteiger partial charge in [0.2, 0.25) is 10.0 Å². The highest BCUT2D eigenvalue weighted by Gasteiger charge is 2.20. The fourth-order valence-corrected chi connectivity index (χ4v) is 2.82. The van der Waals surface area contributed by atoms with Gasteiger partial charge in [-0.2, -0.15) is 0 Å². The number of carbonyl (C=O) groups is 1. The lowest BCUT2D eigenvalue weighted by atomic mass is 10.1. The number of nitrogens with zero attached hydrogens (tertiary/aromatic N) is 1. The molecule has 1 heterocycles. The molecule has 0 radical (unpaired) electrons. The summed E-state index contributed by atoms with van der Waals surface area (Å²) < 4.78 is 32.7. The number of carbonyl (C=O) groups excluding carboxylic acids is 1. The highest BCUT2D eigenvalue weighted by Crippen LogP contribution is 2.23. The Morgan fingerprint density at radius 1 is 1.29 bits per heavy atom. The predicted octanol–water partition coefficient (Wildman–Crippen LogP) is 1.91. The molecule has 1 aromatic carbocycles. The van der Waals surface area contributed by atoms with Crippen LogP contribution in [0.1, 0.15) is 34.6 Å². The number of furan rings is 1. The number of hydrogen-bond acceptors (Lipinski definition) is 6. The number of hydrogen-bond donors (Lipinski definition) is 1. The maximum atomic E-state index is 11.7. The number of sulfonamides is 1. The number of esters is 1. The molecule has 1 atom stereocenters. The van der Waals surface area contributed by atoms with Crippen LogP contribution in [0.3, 0.4) is 0 Å². The van der Waals surface area contributed by atoms with E-state index in [1.165, 1.54) is 25.5 Å². The van der Waals surface area contributed by atoms with Gasteiger partial charge in [0.1, 0.15) is 11.3 Å². The van der Waals surface area contributed by atoms with Gasteiger partial charge in [0.25, 0.3) is 0 Å². The van der Waals surface area contributed by atoms with Crippen LogP contribution in [0.15, 0.2) is 45.9 Å². The second-order valence-corrected chi connectivity index (χ2v) is 7.02. The fourth-order valence-electron chi connectivity index (χ4n) is 2.31. The van der Waals surface area contributed by atoms with E-state index in [4.69, 9.17) is 14.3 Å². The van der Waals surface area contributed by atoms with Gasteiger partial charge >= 0.3 is 5.97 Å². The molecular weight excluding hydrogens is 332 g/mol. The van der Waals surface area contributed by atoms with Crippen molar-refractivity contribution in [3.63, 3.8) is 0 Å². The Morgan fingerprint density at radius 2 is 1.92 bits per heavy atom. The van der Waals surface area contributed by atoms with E-state index < -0.39 is 16.0 Å². The van der Waals surface area contributed by atoms with Crippen molar-refractivity contribution in [3.8, 4) is 0 Å². The number of benzene rings is 1. The van der Waals surface area contributed by atoms with E-state index in [-0.39, 0.29) is 10.9 Å². The first-order valence-corrected chi connectivity index (χ1v) is 8.76. The van der Waals surface area contributed by atoms with E-state index >= 15 is 0 Å². The first kappa shape index (κ1) is 18.2. The monoisotopic (exact) mass is 352 g/mol. The van der Waals surface area contributed by atoms with E-state index in [2.05, 4.69) is 0 Å². The van der Waals surface area contributed by atoms with Crippen LogP contribution < -0.4 is 5.14 Å². The van der Waals surface area contributed by atoms with E-state index in [9.17, 15) is 13.2 Å². The SMILES string of the molecule is COC(=O)c1ccoc1CN(C)C(C)c1ccc(S(N)(=O)=O)cc1. The molecule has 0 amide bonds. The van der Waals surface area contributed by atoms with Gasteiger partial charge in [-0.15, -0.1) is 0 Å². The van der Waals surface area contributed by atoms with E-state index in [0.29, 0.717) is 17.9 Å². The molecule has 2 rings (SSSR count). The fraction of sp³-hybridized carbons (Fsp3) is 0.312. The summed E-state index contributed by atoms with van der Waals surface area (Å²) >= 11 is 0. The highest BCUT2D eigenvalue weighted by atomic mass is 32.2. The third-order valence-corrected chi connectivity index (χ3v) is 4.83. The standard InChI is InChI=1S/C16H20N2O5S/c1-11(12-4-6-13(7-5-12)24(17,20)21)18(2)10-15-14(8-9-23-15)16(19)22-3/h4-9,11H,10H2,1-3H3,(H2,17,20,21). The summed E-state index contributed by atoms with van der Waals surface area (Å²) in [6.45, 7) is 2.36. The number of nitrogens with two attached hydrogens (primary N) is 1. The third kappa shape index (κ3) is 4.02. The molecule has 1 aromatic heterocycles. The molecule has 2 aromatic rings. The highest BCUT2D eigenvalue weighted by molar-refractivity contribution is 7.89. The molecule has 2 N–H and O–H groups in total. The van der Waals surface area contributed by atoms with Gasteiger partial charge in [-0.25, -0.2) is 18.4 Å². The van der Waals surface area contributed by atoms with E-state index in [1.807, 2.05) is 18.9 Å². The summed E-state index contributed by atoms with van der Waals surface area (Å²) in [6, 6.07) is 7.91. The number of methoxy groups -OCH3 is 1. The van der Waals surface area contributed by atoms with Crippen molar-refractivity contribution in [1.29, 1.82) is 0 Å². The summed E-state index contributed by atoms with van der Waals surface area (Å²) in [7, 11) is -0.510. The minimum Gasteiger partial charge on any atom is -0.467 e. The molecule has 24 heavy (non-hydrogen) atoms. The van der Waals surface area contributed by atoms with E-state index in [1.54, 1.807) is 18.2 Å². The smallest absolute Gasteiger partial charge is 0.341 e. The lowest BCUT2D eigenvalue weighted by Gasteiger charge is -2.24. The minimum atomic E-state index is -3.70. The molecule has 0 aliphatic carbocycles. The lowest BCUT2D eigenvalue weighted by molar-refractivity contribution is 0.0596. The molecule has 0 bridgehead atoms. The Bertz CT molecular complexity index is 811. The Kier molecular flexibility index (Phi) is 5.43. The van der Waals surface area contributed by atoms with Crippen LogP contribution in [-0.4, -0.2) is 33.4 Å². The van der Waals surface area contributed by atoms with Crippen molar-refractivity contribution < 1.29 is 22.4 Å². The quantitative estimate of drug-likeness (QED) is 0.797. The normalized spacial score (nSPS) is 13.0. The lowest BCUT2D eigenvalue weighted by Crippen LogP contribution is -2.23. The number of primary sulfonamides is 1. The molecule has 1 unspecified atom stereocenters. The Morgan fingerprint density at radius 3 is 2.46 bits per heavy atom. The van der Waals surface area contributed by atoms with Gasteiger partial charge in [-0.05, 0) is 37.7 Å². The first-order chi connectivity index (χ1) is 11.2. The summed E-state index contributed by atoms with van der Waals surface area (Å²) in [4.78, 5) is 13.7. The van der Waals surface area contributed by atoms with Crippen molar-refractivity contribution in [2.24, 2.45) is 5.14 Å². The van der Waals surface area contributed by atoms with Crippen LogP contribution in [0.5, 0.6) is 0 Å². The number of rotatable bonds is 6. The molecule has 7 nitrogen and oxygen atoms in total. The van der Waals surface area contributed by atoms with E-state index in [0.717, 1.165) is 5.56 Å². The molecular formula is C16H20N2O5S. The van der Waals surface area contributed by atoms with Crippen molar-refractivity contribution in [2.45, 2.75) is 24.4 Å². The van der Waals surface area contributed by atoms with Crippen molar-refractivity contribution in [1.82, 2.24) is 4.90 Å². The molecule has 0 aliphatic heterocycles. The van der Waals surface area contributed by atoms with Crippen LogP contribution in [0, 0.1) is 0 Å². The van der Waals surface area contributed by atoms with Crippen LogP contribution >= 0.6 is 0 Å². The third-order valence-electron chi connectivity index (χ3n) is 3.90. The summed E-state index contributed by atoms with van der Waals surface area (Å²) in [5.74, 6) is 0.0645. The first-order valence-electron chi connectivity index (χ1n) is 7.21. The maximum Gasteiger partial charge on any atom is 0.341 e. The molecule has 0 aliphatic rings. The van der Waals surface area contributed by atoms with Gasteiger partial charge < -0.3 is 9.15 Å². The number of ether oxygens (including phenoxy) is 1. The average Bonchev–Trinajstić information content (AvgIpc) is 3.00. The zero-order chi connectivity index (χ0) is 17.9. The van der Waals surface area contributed by atoms with Crippen molar-refractivity contribution in [2.75, 3.05) is 14.2 Å². The largest absolute Gasteiger partial charge is 0.467 e. The van der Waals surface area contributed by atoms with Crippen LogP contribution in [0.2, 0.25) is 0 Å². The topological polar surface area (TPSA) is 103 Å². The molecule has 0 saturated heterocycles. The second kappa shape index (κ2) is 7.16. The predicted molar refractivity (Wildman–Crippen MR) is 87.7 cm³/mol. The molecule has 130 valence electrons. The zero-order valence-corrected chi connectivity index (χ0v) is 14.5. The van der Waals surface area contributed by atoms with Crippen LogP contribution in [0.25, 0.3) is 0 Å². The van der Waals surface area contributed by atoms with Gasteiger partial charge in [-0.3, -0.25) is 4.90 Å². The average molecular weight is 352 g/mol. The Labute approximate surface area is 141 Å².